The minimum absolute atomic E-state index is 0.748. The van der Waals surface area contributed by atoms with E-state index in [2.05, 4.69) is 34.2 Å². The monoisotopic (exact) mass is 238 g/mol. The molecule has 1 fully saturated rings. The highest BCUT2D eigenvalue weighted by atomic mass is 15.2. The van der Waals surface area contributed by atoms with Crippen LogP contribution in [0.5, 0.6) is 0 Å². The van der Waals surface area contributed by atoms with Crippen molar-refractivity contribution >= 4 is 5.96 Å². The van der Waals surface area contributed by atoms with Crippen LogP contribution in [0.15, 0.2) is 17.6 Å². The lowest BCUT2D eigenvalue weighted by Crippen LogP contribution is -2.42. The van der Waals surface area contributed by atoms with E-state index in [-0.39, 0.29) is 0 Å². The van der Waals surface area contributed by atoms with E-state index >= 15 is 0 Å². The predicted molar refractivity (Wildman–Crippen MR) is 74.4 cm³/mol. The second kappa shape index (κ2) is 8.12. The molecule has 0 heterocycles. The summed E-state index contributed by atoms with van der Waals surface area (Å²) >= 11 is 0. The second-order valence-electron chi connectivity index (χ2n) is 4.59. The van der Waals surface area contributed by atoms with Gasteiger partial charge in [0.1, 0.15) is 0 Å². The molecule has 1 rings (SSSR count). The topological polar surface area (TPSA) is 39.7 Å². The van der Waals surface area contributed by atoms with Gasteiger partial charge in [0.2, 0.25) is 0 Å². The maximum Gasteiger partial charge on any atom is 0.191 e. The average molecular weight is 238 g/mol. The van der Waals surface area contributed by atoms with Crippen LogP contribution in [0.1, 0.15) is 25.7 Å². The first kappa shape index (κ1) is 14.0. The van der Waals surface area contributed by atoms with E-state index in [9.17, 15) is 0 Å². The summed E-state index contributed by atoms with van der Waals surface area (Å²) in [4.78, 5) is 6.61. The van der Waals surface area contributed by atoms with E-state index in [0.717, 1.165) is 31.6 Å². The molecule has 1 aliphatic carbocycles. The Balaban J connectivity index is 2.14. The maximum atomic E-state index is 4.15. The van der Waals surface area contributed by atoms with Gasteiger partial charge < -0.3 is 15.5 Å². The van der Waals surface area contributed by atoms with Crippen LogP contribution in [0, 0.1) is 0 Å². The Morgan fingerprint density at radius 1 is 1.41 bits per heavy atom. The summed E-state index contributed by atoms with van der Waals surface area (Å²) < 4.78 is 0. The molecule has 0 aliphatic heterocycles. The largest absolute Gasteiger partial charge is 0.355 e. The summed E-state index contributed by atoms with van der Waals surface area (Å²) in [5.41, 5.74) is 0. The van der Waals surface area contributed by atoms with Crippen LogP contribution in [0.2, 0.25) is 0 Å². The molecule has 0 radical (unpaired) electrons. The van der Waals surface area contributed by atoms with E-state index in [1.165, 1.54) is 25.7 Å². The normalized spacial score (nSPS) is 17.5. The third kappa shape index (κ3) is 5.22. The highest BCUT2D eigenvalue weighted by molar-refractivity contribution is 5.79. The van der Waals surface area contributed by atoms with Gasteiger partial charge in [-0.05, 0) is 19.9 Å². The lowest BCUT2D eigenvalue weighted by atomic mass is 10.2. The molecular formula is C13H26N4. The maximum absolute atomic E-state index is 4.15. The molecule has 0 unspecified atom stereocenters. The first-order valence-electron chi connectivity index (χ1n) is 6.53. The number of aliphatic imine (C=N–C) groups is 1. The number of likely N-dealkylation sites (N-methyl/N-ethyl adjacent to an activating group) is 1. The quantitative estimate of drug-likeness (QED) is 0.415. The first-order chi connectivity index (χ1) is 8.27. The Kier molecular flexibility index (Phi) is 6.70. The molecule has 0 bridgehead atoms. The number of nitrogens with zero attached hydrogens (tertiary/aromatic N) is 2. The minimum Gasteiger partial charge on any atom is -0.355 e. The Morgan fingerprint density at radius 2 is 2.12 bits per heavy atom. The van der Waals surface area contributed by atoms with Crippen LogP contribution in [-0.4, -0.2) is 50.6 Å². The molecule has 0 aromatic carbocycles. The van der Waals surface area contributed by atoms with Crippen LogP contribution < -0.4 is 10.6 Å². The van der Waals surface area contributed by atoms with Crippen molar-refractivity contribution in [2.24, 2.45) is 4.99 Å². The summed E-state index contributed by atoms with van der Waals surface area (Å²) in [6, 6.07) is 0.792. The van der Waals surface area contributed by atoms with Crippen LogP contribution in [0.25, 0.3) is 0 Å². The average Bonchev–Trinajstić information content (AvgIpc) is 2.87. The van der Waals surface area contributed by atoms with E-state index < -0.39 is 0 Å². The van der Waals surface area contributed by atoms with E-state index in [0.29, 0.717) is 0 Å². The van der Waals surface area contributed by atoms with Gasteiger partial charge in [0.25, 0.3) is 0 Å². The van der Waals surface area contributed by atoms with Crippen LogP contribution in [0.3, 0.4) is 0 Å². The lowest BCUT2D eigenvalue weighted by Gasteiger charge is -2.24. The van der Waals surface area contributed by atoms with Gasteiger partial charge in [-0.1, -0.05) is 18.9 Å². The van der Waals surface area contributed by atoms with Crippen LogP contribution in [0.4, 0.5) is 0 Å². The van der Waals surface area contributed by atoms with Crippen LogP contribution >= 0.6 is 0 Å². The molecule has 4 heteroatoms. The molecule has 17 heavy (non-hydrogen) atoms. The number of rotatable bonds is 6. The zero-order chi connectivity index (χ0) is 12.5. The van der Waals surface area contributed by atoms with E-state index in [1.807, 2.05) is 6.08 Å². The number of nitrogens with one attached hydrogen (secondary N) is 2. The number of guanidine groups is 1. The van der Waals surface area contributed by atoms with Crippen molar-refractivity contribution in [3.8, 4) is 0 Å². The van der Waals surface area contributed by atoms with Gasteiger partial charge in [-0.25, -0.2) is 0 Å². The molecule has 0 spiro atoms. The summed E-state index contributed by atoms with van der Waals surface area (Å²) in [5, 5.41) is 6.47. The molecule has 0 saturated heterocycles. The Bertz CT molecular complexity index is 244. The molecule has 98 valence electrons. The van der Waals surface area contributed by atoms with Crippen molar-refractivity contribution in [2.75, 3.05) is 33.7 Å². The molecule has 2 N–H and O–H groups in total. The fourth-order valence-corrected chi connectivity index (χ4v) is 2.27. The molecule has 0 amide bonds. The third-order valence-electron chi connectivity index (χ3n) is 3.34. The van der Waals surface area contributed by atoms with Gasteiger partial charge in [0.15, 0.2) is 5.96 Å². The van der Waals surface area contributed by atoms with E-state index in [4.69, 9.17) is 0 Å². The second-order valence-corrected chi connectivity index (χ2v) is 4.59. The third-order valence-corrected chi connectivity index (χ3v) is 3.34. The minimum atomic E-state index is 0.748. The molecular weight excluding hydrogens is 212 g/mol. The van der Waals surface area contributed by atoms with Gasteiger partial charge in [0, 0.05) is 32.7 Å². The first-order valence-corrected chi connectivity index (χ1v) is 6.53. The van der Waals surface area contributed by atoms with Gasteiger partial charge in [-0.15, -0.1) is 6.58 Å². The summed E-state index contributed by atoms with van der Waals surface area (Å²) in [6.45, 7) is 6.43. The van der Waals surface area contributed by atoms with Crippen molar-refractivity contribution in [3.63, 3.8) is 0 Å². The van der Waals surface area contributed by atoms with Crippen molar-refractivity contribution in [2.45, 2.75) is 31.7 Å². The van der Waals surface area contributed by atoms with Crippen LogP contribution in [-0.2, 0) is 0 Å². The predicted octanol–water partition coefficient (Wildman–Crippen LogP) is 1.21. The lowest BCUT2D eigenvalue weighted by molar-refractivity contribution is 0.249. The fraction of sp³-hybridized carbons (Fsp3) is 0.769. The highest BCUT2D eigenvalue weighted by Gasteiger charge is 2.18. The van der Waals surface area contributed by atoms with Gasteiger partial charge in [0.05, 0.1) is 0 Å². The standard InChI is InChI=1S/C13H26N4/c1-4-9-15-13(14-2)16-10-11-17(3)12-7-5-6-8-12/h4,12H,1,5-11H2,2-3H3,(H2,14,15,16). The SMILES string of the molecule is C=CCNC(=NC)NCCN(C)C1CCCC1. The summed E-state index contributed by atoms with van der Waals surface area (Å²) in [6.07, 6.45) is 7.34. The Labute approximate surface area is 105 Å². The van der Waals surface area contributed by atoms with Gasteiger partial charge in [-0.3, -0.25) is 4.99 Å². The van der Waals surface area contributed by atoms with E-state index in [1.54, 1.807) is 7.05 Å². The van der Waals surface area contributed by atoms with Crippen molar-refractivity contribution in [3.05, 3.63) is 12.7 Å². The van der Waals surface area contributed by atoms with Gasteiger partial charge in [-0.2, -0.15) is 0 Å². The summed E-state index contributed by atoms with van der Waals surface area (Å²) in [7, 11) is 4.01. The van der Waals surface area contributed by atoms with Gasteiger partial charge >= 0.3 is 0 Å². The smallest absolute Gasteiger partial charge is 0.191 e. The number of hydrogen-bond acceptors (Lipinski definition) is 2. The molecule has 0 aromatic rings. The summed E-state index contributed by atoms with van der Waals surface area (Å²) in [5.74, 6) is 0.852. The molecule has 0 atom stereocenters. The van der Waals surface area contributed by atoms with Crippen molar-refractivity contribution < 1.29 is 0 Å². The molecule has 0 aromatic heterocycles. The molecule has 1 aliphatic rings. The van der Waals surface area contributed by atoms with Crippen molar-refractivity contribution in [1.82, 2.24) is 15.5 Å². The molecule has 4 nitrogen and oxygen atoms in total. The zero-order valence-electron chi connectivity index (χ0n) is 11.2. The highest BCUT2D eigenvalue weighted by Crippen LogP contribution is 2.21. The van der Waals surface area contributed by atoms with Crippen molar-refractivity contribution in [1.29, 1.82) is 0 Å². The molecule has 1 saturated carbocycles. The number of hydrogen-bond donors (Lipinski definition) is 2. The zero-order valence-corrected chi connectivity index (χ0v) is 11.2. The fourth-order valence-electron chi connectivity index (χ4n) is 2.27. The Hall–Kier alpha value is -1.03. The Morgan fingerprint density at radius 3 is 2.71 bits per heavy atom.